The standard InChI is InChI=1S/C16H18N4OS2/c1-20(2)12(14-8-5-9-22-14)10-17-15(21)19-16-18-11-6-3-4-7-13(11)23-16/h3-9,12H,10H2,1-2H3,(H2,17,18,19,21). The Bertz CT molecular complexity index is 749. The maximum absolute atomic E-state index is 12.1. The molecule has 2 N–H and O–H groups in total. The van der Waals surface area contributed by atoms with Crippen LogP contribution in [0.1, 0.15) is 10.9 Å². The average Bonchev–Trinajstić information content (AvgIpc) is 3.15. The van der Waals surface area contributed by atoms with Crippen molar-refractivity contribution < 1.29 is 4.79 Å². The highest BCUT2D eigenvalue weighted by atomic mass is 32.1. The number of aromatic nitrogens is 1. The predicted octanol–water partition coefficient (Wildman–Crippen LogP) is 3.78. The number of likely N-dealkylation sites (N-methyl/N-ethyl adjacent to an activating group) is 1. The molecule has 0 radical (unpaired) electrons. The van der Waals surface area contributed by atoms with E-state index in [1.165, 1.54) is 16.2 Å². The number of hydrogen-bond donors (Lipinski definition) is 2. The largest absolute Gasteiger partial charge is 0.336 e. The van der Waals surface area contributed by atoms with Crippen molar-refractivity contribution in [2.75, 3.05) is 26.0 Å². The van der Waals surface area contributed by atoms with Crippen LogP contribution in [-0.2, 0) is 0 Å². The second-order valence-electron chi connectivity index (χ2n) is 5.32. The predicted molar refractivity (Wildman–Crippen MR) is 97.4 cm³/mol. The second kappa shape index (κ2) is 7.08. The molecule has 7 heteroatoms. The number of urea groups is 1. The second-order valence-corrected chi connectivity index (χ2v) is 7.33. The molecule has 23 heavy (non-hydrogen) atoms. The van der Waals surface area contributed by atoms with Crippen LogP contribution >= 0.6 is 22.7 Å². The summed E-state index contributed by atoms with van der Waals surface area (Å²) < 4.78 is 1.06. The van der Waals surface area contributed by atoms with E-state index in [1.54, 1.807) is 11.3 Å². The molecule has 0 aliphatic heterocycles. The Morgan fingerprint density at radius 2 is 2.09 bits per heavy atom. The van der Waals surface area contributed by atoms with E-state index < -0.39 is 0 Å². The number of nitrogens with zero attached hydrogens (tertiary/aromatic N) is 2. The van der Waals surface area contributed by atoms with Crippen molar-refractivity contribution in [2.45, 2.75) is 6.04 Å². The summed E-state index contributed by atoms with van der Waals surface area (Å²) in [6.07, 6.45) is 0. The number of anilines is 1. The van der Waals surface area contributed by atoms with Gasteiger partial charge in [-0.25, -0.2) is 9.78 Å². The molecular weight excluding hydrogens is 328 g/mol. The summed E-state index contributed by atoms with van der Waals surface area (Å²) in [4.78, 5) is 19.9. The molecule has 2 heterocycles. The highest BCUT2D eigenvalue weighted by molar-refractivity contribution is 7.22. The van der Waals surface area contributed by atoms with E-state index >= 15 is 0 Å². The van der Waals surface area contributed by atoms with Crippen LogP contribution in [0.5, 0.6) is 0 Å². The third kappa shape index (κ3) is 3.87. The number of benzene rings is 1. The van der Waals surface area contributed by atoms with Gasteiger partial charge >= 0.3 is 6.03 Å². The molecule has 3 rings (SSSR count). The normalized spacial score (nSPS) is 12.5. The first kappa shape index (κ1) is 15.9. The Morgan fingerprint density at radius 3 is 2.78 bits per heavy atom. The van der Waals surface area contributed by atoms with E-state index in [-0.39, 0.29) is 12.1 Å². The molecule has 0 spiro atoms. The van der Waals surface area contributed by atoms with Crippen molar-refractivity contribution in [3.05, 3.63) is 46.7 Å². The Hall–Kier alpha value is -1.96. The minimum absolute atomic E-state index is 0.163. The van der Waals surface area contributed by atoms with Crippen LogP contribution < -0.4 is 10.6 Å². The monoisotopic (exact) mass is 346 g/mol. The van der Waals surface area contributed by atoms with Gasteiger partial charge in [0.2, 0.25) is 0 Å². The van der Waals surface area contributed by atoms with Crippen molar-refractivity contribution in [2.24, 2.45) is 0 Å². The Balaban J connectivity index is 1.60. The SMILES string of the molecule is CN(C)C(CNC(=O)Nc1nc2ccccc2s1)c1cccs1. The summed E-state index contributed by atoms with van der Waals surface area (Å²) in [6, 6.07) is 11.9. The molecule has 1 unspecified atom stereocenters. The van der Waals surface area contributed by atoms with Crippen molar-refractivity contribution >= 4 is 44.1 Å². The molecule has 1 atom stereocenters. The number of carbonyl (C=O) groups excluding carboxylic acids is 1. The third-order valence-corrected chi connectivity index (χ3v) is 5.39. The highest BCUT2D eigenvalue weighted by Gasteiger charge is 2.16. The molecule has 2 amide bonds. The molecule has 1 aromatic carbocycles. The highest BCUT2D eigenvalue weighted by Crippen LogP contribution is 2.25. The van der Waals surface area contributed by atoms with Gasteiger partial charge in [0.05, 0.1) is 16.3 Å². The van der Waals surface area contributed by atoms with Gasteiger partial charge in [-0.3, -0.25) is 5.32 Å². The minimum Gasteiger partial charge on any atom is -0.336 e. The fourth-order valence-corrected chi connectivity index (χ4v) is 4.06. The summed E-state index contributed by atoms with van der Waals surface area (Å²) in [5, 5.41) is 8.40. The number of amides is 2. The number of hydrogen-bond acceptors (Lipinski definition) is 5. The van der Waals surface area contributed by atoms with Crippen LogP contribution in [0, 0.1) is 0 Å². The Labute approximate surface area is 143 Å². The average molecular weight is 346 g/mol. The number of rotatable bonds is 5. The van der Waals surface area contributed by atoms with Crippen LogP contribution in [0.25, 0.3) is 10.2 Å². The van der Waals surface area contributed by atoms with Gasteiger partial charge in [-0.1, -0.05) is 29.5 Å². The molecule has 0 saturated heterocycles. The topological polar surface area (TPSA) is 57.3 Å². The number of thiophene rings is 1. The molecule has 0 aliphatic rings. The molecule has 0 bridgehead atoms. The molecule has 0 saturated carbocycles. The number of thiazole rings is 1. The van der Waals surface area contributed by atoms with E-state index in [0.717, 1.165) is 10.2 Å². The quantitative estimate of drug-likeness (QED) is 0.739. The third-order valence-electron chi connectivity index (χ3n) is 3.47. The van der Waals surface area contributed by atoms with Gasteiger partial charge < -0.3 is 10.2 Å². The van der Waals surface area contributed by atoms with E-state index in [2.05, 4.69) is 26.6 Å². The molecule has 2 aromatic heterocycles. The van der Waals surface area contributed by atoms with Crippen molar-refractivity contribution in [3.63, 3.8) is 0 Å². The zero-order valence-electron chi connectivity index (χ0n) is 12.9. The Morgan fingerprint density at radius 1 is 1.26 bits per heavy atom. The first-order chi connectivity index (χ1) is 11.1. The minimum atomic E-state index is -0.229. The summed E-state index contributed by atoms with van der Waals surface area (Å²) in [5.41, 5.74) is 0.901. The van der Waals surface area contributed by atoms with Gasteiger partial charge in [-0.15, -0.1) is 11.3 Å². The van der Waals surface area contributed by atoms with Gasteiger partial charge in [0, 0.05) is 11.4 Å². The van der Waals surface area contributed by atoms with Crippen molar-refractivity contribution in [1.82, 2.24) is 15.2 Å². The first-order valence-electron chi connectivity index (χ1n) is 7.24. The van der Waals surface area contributed by atoms with Crippen LogP contribution in [0.4, 0.5) is 9.93 Å². The summed E-state index contributed by atoms with van der Waals surface area (Å²) >= 11 is 3.17. The van der Waals surface area contributed by atoms with E-state index in [0.29, 0.717) is 11.7 Å². The van der Waals surface area contributed by atoms with E-state index in [1.807, 2.05) is 49.8 Å². The van der Waals surface area contributed by atoms with Crippen LogP contribution in [0.15, 0.2) is 41.8 Å². The molecule has 0 aliphatic carbocycles. The molecule has 120 valence electrons. The lowest BCUT2D eigenvalue weighted by molar-refractivity contribution is 0.244. The fourth-order valence-electron chi connectivity index (χ4n) is 2.27. The lowest BCUT2D eigenvalue weighted by Crippen LogP contribution is -2.36. The zero-order chi connectivity index (χ0) is 16.2. The lowest BCUT2D eigenvalue weighted by Gasteiger charge is -2.23. The molecule has 3 aromatic rings. The van der Waals surface area contributed by atoms with E-state index in [4.69, 9.17) is 0 Å². The fraction of sp³-hybridized carbons (Fsp3) is 0.250. The van der Waals surface area contributed by atoms with Gasteiger partial charge in [0.25, 0.3) is 0 Å². The smallest absolute Gasteiger partial charge is 0.321 e. The zero-order valence-corrected chi connectivity index (χ0v) is 14.6. The van der Waals surface area contributed by atoms with E-state index in [9.17, 15) is 4.79 Å². The Kier molecular flexibility index (Phi) is 4.90. The van der Waals surface area contributed by atoms with Crippen molar-refractivity contribution in [3.8, 4) is 0 Å². The number of fused-ring (bicyclic) bond motifs is 1. The summed E-state index contributed by atoms with van der Waals surface area (Å²) in [6.45, 7) is 0.546. The van der Waals surface area contributed by atoms with Gasteiger partial charge in [-0.05, 0) is 37.7 Å². The number of nitrogens with one attached hydrogen (secondary N) is 2. The molecular formula is C16H18N4OS2. The molecule has 5 nitrogen and oxygen atoms in total. The van der Waals surface area contributed by atoms with Crippen LogP contribution in [0.2, 0.25) is 0 Å². The number of para-hydroxylation sites is 1. The lowest BCUT2D eigenvalue weighted by atomic mass is 10.2. The van der Waals surface area contributed by atoms with Gasteiger partial charge in [0.1, 0.15) is 0 Å². The first-order valence-corrected chi connectivity index (χ1v) is 8.93. The van der Waals surface area contributed by atoms with Crippen LogP contribution in [0.3, 0.4) is 0 Å². The van der Waals surface area contributed by atoms with Crippen LogP contribution in [-0.4, -0.2) is 36.6 Å². The molecule has 0 fully saturated rings. The maximum Gasteiger partial charge on any atom is 0.321 e. The van der Waals surface area contributed by atoms with Gasteiger partial charge in [0.15, 0.2) is 5.13 Å². The summed E-state index contributed by atoms with van der Waals surface area (Å²) in [5.74, 6) is 0. The summed E-state index contributed by atoms with van der Waals surface area (Å²) in [7, 11) is 4.02. The maximum atomic E-state index is 12.1. The van der Waals surface area contributed by atoms with Crippen molar-refractivity contribution in [1.29, 1.82) is 0 Å². The number of carbonyl (C=O) groups is 1. The van der Waals surface area contributed by atoms with Gasteiger partial charge in [-0.2, -0.15) is 0 Å².